The summed E-state index contributed by atoms with van der Waals surface area (Å²) < 4.78 is 40.8. The second kappa shape index (κ2) is 9.48. The first-order valence-electron chi connectivity index (χ1n) is 10.3. The minimum atomic E-state index is -4.75. The molecule has 0 spiro atoms. The Hall–Kier alpha value is -3.99. The van der Waals surface area contributed by atoms with Crippen molar-refractivity contribution in [1.29, 1.82) is 0 Å². The molecule has 0 bridgehead atoms. The van der Waals surface area contributed by atoms with Crippen molar-refractivity contribution in [1.82, 2.24) is 15.3 Å². The lowest BCUT2D eigenvalue weighted by molar-refractivity contribution is -0.274. The van der Waals surface area contributed by atoms with Crippen LogP contribution < -0.4 is 20.7 Å². The topological polar surface area (TPSA) is 105 Å². The predicted octanol–water partition coefficient (Wildman–Crippen LogP) is 3.96. The zero-order valence-electron chi connectivity index (χ0n) is 17.9. The fourth-order valence-electron chi connectivity index (χ4n) is 3.40. The van der Waals surface area contributed by atoms with Gasteiger partial charge in [-0.1, -0.05) is 18.2 Å². The molecule has 1 amide bonds. The molecule has 11 heteroatoms. The molecule has 0 unspecified atom stereocenters. The maximum Gasteiger partial charge on any atom is 0.573 e. The first kappa shape index (κ1) is 23.2. The number of hydrogen-bond donors (Lipinski definition) is 3. The number of halogens is 3. The quantitative estimate of drug-likeness (QED) is 0.468. The van der Waals surface area contributed by atoms with Gasteiger partial charge in [0.2, 0.25) is 11.9 Å². The highest BCUT2D eigenvalue weighted by atomic mass is 19.4. The van der Waals surface area contributed by atoms with Crippen molar-refractivity contribution >= 4 is 29.0 Å². The van der Waals surface area contributed by atoms with Gasteiger partial charge in [-0.2, -0.15) is 0 Å². The fraction of sp³-hybridized carbons (Fsp3) is 0.217. The van der Waals surface area contributed by atoms with Crippen LogP contribution in [0.2, 0.25) is 0 Å². The van der Waals surface area contributed by atoms with Gasteiger partial charge in [0.25, 0.3) is 0 Å². The molecule has 2 heterocycles. The number of hydrogen-bond acceptors (Lipinski definition) is 7. The lowest BCUT2D eigenvalue weighted by atomic mass is 10.1. The largest absolute Gasteiger partial charge is 0.573 e. The van der Waals surface area contributed by atoms with Crippen molar-refractivity contribution in [3.63, 3.8) is 0 Å². The molecule has 1 aromatic heterocycles. The minimum Gasteiger partial charge on any atom is -0.406 e. The molecule has 0 saturated carbocycles. The number of ether oxygens (including phenoxy) is 1. The van der Waals surface area contributed by atoms with Gasteiger partial charge < -0.3 is 15.4 Å². The van der Waals surface area contributed by atoms with Gasteiger partial charge in [0.05, 0.1) is 0 Å². The summed E-state index contributed by atoms with van der Waals surface area (Å²) in [5, 5.41) is 8.69. The molecule has 3 N–H and O–H groups in total. The summed E-state index contributed by atoms with van der Waals surface area (Å²) in [5.74, 6) is -0.573. The highest BCUT2D eigenvalue weighted by Crippen LogP contribution is 2.27. The summed E-state index contributed by atoms with van der Waals surface area (Å²) >= 11 is 0. The molecular formula is C23H20F3N5O3. The smallest absolute Gasteiger partial charge is 0.406 e. The van der Waals surface area contributed by atoms with E-state index in [2.05, 4.69) is 30.7 Å². The van der Waals surface area contributed by atoms with Gasteiger partial charge in [-0.25, -0.2) is 9.97 Å². The molecule has 2 aromatic carbocycles. The molecule has 0 radical (unpaired) electrons. The Morgan fingerprint density at radius 2 is 1.79 bits per heavy atom. The molecular weight excluding hydrogens is 451 g/mol. The zero-order valence-corrected chi connectivity index (χ0v) is 17.9. The number of alkyl halides is 3. The summed E-state index contributed by atoms with van der Waals surface area (Å²) in [6.07, 6.45) is -1.36. The third-order valence-corrected chi connectivity index (χ3v) is 5.13. The van der Waals surface area contributed by atoms with Gasteiger partial charge in [-0.15, -0.1) is 13.2 Å². The Balaban J connectivity index is 1.43. The monoisotopic (exact) mass is 471 g/mol. The standard InChI is InChI=1S/C23H20F3N5O3/c1-13-2-5-16(10-18(13)31-21(33)20-19(32)8-9-27-20)30-22-28-11-15(12-29-22)14-3-6-17(7-4-14)34-23(24,25)26/h2-7,10-12,20,27H,8-9H2,1H3,(H,31,33)(H,28,29,30)/t20-/m0/s1. The van der Waals surface area contributed by atoms with E-state index < -0.39 is 18.3 Å². The van der Waals surface area contributed by atoms with E-state index in [1.54, 1.807) is 18.2 Å². The molecule has 4 rings (SSSR count). The molecule has 1 aliphatic heterocycles. The fourth-order valence-corrected chi connectivity index (χ4v) is 3.40. The van der Waals surface area contributed by atoms with Crippen LogP contribution in [0.25, 0.3) is 11.1 Å². The van der Waals surface area contributed by atoms with Crippen molar-refractivity contribution < 1.29 is 27.5 Å². The van der Waals surface area contributed by atoms with Gasteiger partial charge in [-0.05, 0) is 42.3 Å². The van der Waals surface area contributed by atoms with Gasteiger partial charge in [-0.3, -0.25) is 14.9 Å². The number of carbonyl (C=O) groups is 2. The van der Waals surface area contributed by atoms with Crippen LogP contribution in [0.3, 0.4) is 0 Å². The number of nitrogens with one attached hydrogen (secondary N) is 3. The van der Waals surface area contributed by atoms with E-state index in [-0.39, 0.29) is 17.5 Å². The van der Waals surface area contributed by atoms with Crippen molar-refractivity contribution in [2.24, 2.45) is 0 Å². The summed E-state index contributed by atoms with van der Waals surface area (Å²) in [6.45, 7) is 2.32. The molecule has 8 nitrogen and oxygen atoms in total. The van der Waals surface area contributed by atoms with Gasteiger partial charge >= 0.3 is 6.36 Å². The van der Waals surface area contributed by atoms with Crippen LogP contribution in [0, 0.1) is 6.92 Å². The predicted molar refractivity (Wildman–Crippen MR) is 119 cm³/mol. The molecule has 1 aliphatic rings. The van der Waals surface area contributed by atoms with Crippen LogP contribution in [0.4, 0.5) is 30.5 Å². The molecule has 176 valence electrons. The van der Waals surface area contributed by atoms with Crippen LogP contribution in [0.1, 0.15) is 12.0 Å². The van der Waals surface area contributed by atoms with Crippen molar-refractivity contribution in [2.45, 2.75) is 25.7 Å². The summed E-state index contributed by atoms with van der Waals surface area (Å²) in [7, 11) is 0. The second-order valence-corrected chi connectivity index (χ2v) is 7.61. The third kappa shape index (κ3) is 5.67. The Kier molecular flexibility index (Phi) is 6.46. The normalized spacial score (nSPS) is 15.8. The van der Waals surface area contributed by atoms with Gasteiger partial charge in [0, 0.05) is 42.3 Å². The number of amides is 1. The number of Topliss-reactive ketones (excluding diaryl/α,β-unsaturated/α-hetero) is 1. The maximum absolute atomic E-state index is 12.4. The van der Waals surface area contributed by atoms with Crippen LogP contribution in [0.15, 0.2) is 54.9 Å². The van der Waals surface area contributed by atoms with Gasteiger partial charge in [0.1, 0.15) is 11.8 Å². The van der Waals surface area contributed by atoms with E-state index in [0.717, 1.165) is 5.56 Å². The van der Waals surface area contributed by atoms with E-state index in [4.69, 9.17) is 0 Å². The van der Waals surface area contributed by atoms with Crippen LogP contribution in [-0.4, -0.2) is 40.6 Å². The molecule has 1 fully saturated rings. The Labute approximate surface area is 192 Å². The van der Waals surface area contributed by atoms with Crippen LogP contribution in [0.5, 0.6) is 5.75 Å². The number of carbonyl (C=O) groups excluding carboxylic acids is 2. The highest BCUT2D eigenvalue weighted by molar-refractivity contribution is 6.12. The lowest BCUT2D eigenvalue weighted by Crippen LogP contribution is -2.40. The van der Waals surface area contributed by atoms with Crippen LogP contribution in [-0.2, 0) is 9.59 Å². The third-order valence-electron chi connectivity index (χ3n) is 5.13. The number of ketones is 1. The van der Waals surface area contributed by atoms with E-state index in [0.29, 0.717) is 35.5 Å². The SMILES string of the molecule is Cc1ccc(Nc2ncc(-c3ccc(OC(F)(F)F)cc3)cn2)cc1NC(=O)[C@H]1NCCC1=O. The second-order valence-electron chi connectivity index (χ2n) is 7.61. The Morgan fingerprint density at radius 1 is 1.09 bits per heavy atom. The molecule has 34 heavy (non-hydrogen) atoms. The number of aromatic nitrogens is 2. The molecule has 1 atom stereocenters. The van der Waals surface area contributed by atoms with E-state index in [1.165, 1.54) is 36.7 Å². The number of benzene rings is 2. The average molecular weight is 471 g/mol. The summed E-state index contributed by atoms with van der Waals surface area (Å²) in [4.78, 5) is 32.7. The maximum atomic E-state index is 12.4. The molecule has 0 aliphatic carbocycles. The summed E-state index contributed by atoms with van der Waals surface area (Å²) in [6, 6.07) is 9.85. The number of nitrogens with zero attached hydrogens (tertiary/aromatic N) is 2. The van der Waals surface area contributed by atoms with E-state index in [1.807, 2.05) is 6.92 Å². The lowest BCUT2D eigenvalue weighted by Gasteiger charge is -2.14. The van der Waals surface area contributed by atoms with E-state index in [9.17, 15) is 22.8 Å². The van der Waals surface area contributed by atoms with E-state index >= 15 is 0 Å². The van der Waals surface area contributed by atoms with Crippen molar-refractivity contribution in [3.05, 3.63) is 60.4 Å². The first-order chi connectivity index (χ1) is 16.2. The molecule has 3 aromatic rings. The van der Waals surface area contributed by atoms with Crippen molar-refractivity contribution in [2.75, 3.05) is 17.2 Å². The zero-order chi connectivity index (χ0) is 24.3. The molecule has 1 saturated heterocycles. The number of anilines is 3. The highest BCUT2D eigenvalue weighted by Gasteiger charge is 2.31. The first-order valence-corrected chi connectivity index (χ1v) is 10.3. The average Bonchev–Trinajstić information content (AvgIpc) is 3.22. The summed E-state index contributed by atoms with van der Waals surface area (Å²) in [5.41, 5.74) is 3.21. The van der Waals surface area contributed by atoms with Crippen LogP contribution >= 0.6 is 0 Å². The number of rotatable bonds is 6. The van der Waals surface area contributed by atoms with Gasteiger partial charge in [0.15, 0.2) is 5.78 Å². The Morgan fingerprint density at radius 3 is 2.41 bits per heavy atom. The van der Waals surface area contributed by atoms with Crippen molar-refractivity contribution in [3.8, 4) is 16.9 Å². The Bertz CT molecular complexity index is 1200. The minimum absolute atomic E-state index is 0.138. The number of aryl methyl sites for hydroxylation is 1.